The monoisotopic (exact) mass is 662 g/mol. The molecule has 5 atom stereocenters. The Morgan fingerprint density at radius 1 is 0.939 bits per heavy atom. The molecule has 3 aromatic carbocycles. The van der Waals surface area contributed by atoms with Gasteiger partial charge in [0.15, 0.2) is 11.5 Å². The van der Waals surface area contributed by atoms with Gasteiger partial charge in [0, 0.05) is 31.1 Å². The summed E-state index contributed by atoms with van der Waals surface area (Å²) in [5.74, 6) is 0.847. The molecule has 49 heavy (non-hydrogen) atoms. The number of carbonyl (C=O) groups is 1. The average Bonchev–Trinajstić information content (AvgIpc) is 3.46. The molecule has 6 nitrogen and oxygen atoms in total. The van der Waals surface area contributed by atoms with Crippen molar-refractivity contribution in [3.63, 3.8) is 0 Å². The van der Waals surface area contributed by atoms with Crippen molar-refractivity contribution in [1.29, 1.82) is 0 Å². The van der Waals surface area contributed by atoms with E-state index in [-0.39, 0.29) is 24.2 Å². The van der Waals surface area contributed by atoms with Crippen LogP contribution in [0.5, 0.6) is 11.5 Å². The van der Waals surface area contributed by atoms with Crippen LogP contribution in [-0.4, -0.2) is 70.8 Å². The van der Waals surface area contributed by atoms with Crippen LogP contribution in [0.2, 0.25) is 0 Å². The number of ether oxygens (including phenoxy) is 2. The highest BCUT2D eigenvalue weighted by Crippen LogP contribution is 2.66. The Morgan fingerprint density at radius 3 is 2.27 bits per heavy atom. The average molecular weight is 663 g/mol. The Morgan fingerprint density at radius 2 is 1.59 bits per heavy atom. The van der Waals surface area contributed by atoms with Gasteiger partial charge in [-0.15, -0.1) is 6.58 Å². The van der Waals surface area contributed by atoms with Crippen molar-refractivity contribution in [2.75, 3.05) is 26.2 Å². The van der Waals surface area contributed by atoms with Crippen molar-refractivity contribution in [2.24, 2.45) is 0 Å². The lowest BCUT2D eigenvalue weighted by Crippen LogP contribution is -2.78. The van der Waals surface area contributed by atoms with Gasteiger partial charge < -0.3 is 14.6 Å². The van der Waals surface area contributed by atoms with Gasteiger partial charge in [-0.3, -0.25) is 14.6 Å². The van der Waals surface area contributed by atoms with Gasteiger partial charge in [-0.1, -0.05) is 85.6 Å². The first-order valence-corrected chi connectivity index (χ1v) is 18.9. The zero-order chi connectivity index (χ0) is 33.8. The van der Waals surface area contributed by atoms with Gasteiger partial charge in [-0.25, -0.2) is 0 Å². The first kappa shape index (κ1) is 34.0. The van der Waals surface area contributed by atoms with E-state index >= 15 is 0 Å². The number of unbranched alkanes of at least 4 members (excludes halogenated alkanes) is 4. The highest BCUT2D eigenvalue weighted by Gasteiger charge is 2.73. The van der Waals surface area contributed by atoms with Crippen LogP contribution in [0.15, 0.2) is 85.5 Å². The Kier molecular flexibility index (Phi) is 10.3. The lowest BCUT2D eigenvalue weighted by Gasteiger charge is -2.65. The lowest BCUT2D eigenvalue weighted by molar-refractivity contribution is -0.198. The van der Waals surface area contributed by atoms with Crippen molar-refractivity contribution in [1.82, 2.24) is 9.80 Å². The fourth-order valence-corrected chi connectivity index (χ4v) is 9.96. The summed E-state index contributed by atoms with van der Waals surface area (Å²) in [4.78, 5) is 17.4. The van der Waals surface area contributed by atoms with Crippen molar-refractivity contribution in [3.8, 4) is 11.5 Å². The molecule has 2 heterocycles. The van der Waals surface area contributed by atoms with E-state index in [1.807, 2.05) is 12.1 Å². The number of hydrogen-bond acceptors (Lipinski definition) is 6. The minimum absolute atomic E-state index is 0.00765. The van der Waals surface area contributed by atoms with Crippen molar-refractivity contribution in [2.45, 2.75) is 113 Å². The van der Waals surface area contributed by atoms with Crippen LogP contribution in [0.3, 0.4) is 0 Å². The molecule has 1 N–H and O–H groups in total. The number of aryl methyl sites for hydroxylation is 2. The molecule has 7 rings (SSSR count). The van der Waals surface area contributed by atoms with Crippen LogP contribution in [0.1, 0.15) is 87.0 Å². The van der Waals surface area contributed by atoms with E-state index in [0.717, 1.165) is 89.5 Å². The molecule has 0 aromatic heterocycles. The number of nitrogens with zero attached hydrogens (tertiary/aromatic N) is 2. The van der Waals surface area contributed by atoms with E-state index in [9.17, 15) is 9.90 Å². The molecule has 0 amide bonds. The van der Waals surface area contributed by atoms with Crippen LogP contribution in [-0.2, 0) is 29.5 Å². The first-order valence-electron chi connectivity index (χ1n) is 18.9. The molecule has 4 aliphatic rings. The number of aliphatic hydroxyl groups is 1. The molecule has 6 heteroatoms. The molecular formula is C43H54N2O4. The van der Waals surface area contributed by atoms with Crippen LogP contribution in [0.4, 0.5) is 0 Å². The second-order valence-electron chi connectivity index (χ2n) is 14.9. The molecule has 2 aliphatic carbocycles. The second kappa shape index (κ2) is 14.8. The zero-order valence-corrected chi connectivity index (χ0v) is 29.3. The predicted molar refractivity (Wildman–Crippen MR) is 195 cm³/mol. The number of carbonyl (C=O) groups excluding carboxylic acids is 1. The normalized spacial score (nSPS) is 26.6. The summed E-state index contributed by atoms with van der Waals surface area (Å²) in [5.41, 5.74) is 3.71. The third-order valence-corrected chi connectivity index (χ3v) is 12.1. The maximum Gasteiger partial charge on any atom is 0.308 e. The molecule has 2 aliphatic heterocycles. The molecular weight excluding hydrogens is 608 g/mol. The SMILES string of the molecule is C=CCN1CC[C@]23c4c5ccc(OC(C)=O)c4O[C@H]2[C@@H](N(CCCCCCc2ccccc2)CCCCc2ccccc2)CC[C@@]3(O)[C@H]1C5. The van der Waals surface area contributed by atoms with Gasteiger partial charge >= 0.3 is 5.97 Å². The van der Waals surface area contributed by atoms with E-state index in [0.29, 0.717) is 11.5 Å². The van der Waals surface area contributed by atoms with Crippen LogP contribution in [0.25, 0.3) is 0 Å². The van der Waals surface area contributed by atoms with E-state index < -0.39 is 11.0 Å². The third kappa shape index (κ3) is 6.48. The minimum atomic E-state index is -0.918. The molecule has 260 valence electrons. The van der Waals surface area contributed by atoms with Gasteiger partial charge in [0.25, 0.3) is 0 Å². The number of likely N-dealkylation sites (tertiary alicyclic amines) is 1. The Labute approximate surface area is 293 Å². The number of hydrogen-bond donors (Lipinski definition) is 1. The van der Waals surface area contributed by atoms with Gasteiger partial charge in [0.1, 0.15) is 6.10 Å². The summed E-state index contributed by atoms with van der Waals surface area (Å²) >= 11 is 0. The zero-order valence-electron chi connectivity index (χ0n) is 29.3. The number of piperidine rings is 1. The maximum atomic E-state index is 13.0. The highest BCUT2D eigenvalue weighted by molar-refractivity contribution is 5.72. The van der Waals surface area contributed by atoms with Crippen molar-refractivity contribution < 1.29 is 19.4 Å². The quantitative estimate of drug-likeness (QED) is 0.0745. The molecule has 0 unspecified atom stereocenters. The molecule has 0 radical (unpaired) electrons. The summed E-state index contributed by atoms with van der Waals surface area (Å²) in [6.45, 7) is 9.20. The minimum Gasteiger partial charge on any atom is -0.483 e. The standard InChI is InChI=1S/C43H54N2O4/c1-3-27-45-30-26-42-39-35-22-23-37(48-32(2)46)40(39)49-41(42)36(24-25-43(42,47)38(45)31-35)44(29-15-13-21-34-19-11-7-12-20-34)28-14-5-4-8-16-33-17-9-6-10-18-33/h3,6-7,9-12,17-20,22-23,36,38,41,47H,1,4-5,8,13-16,21,24-31H2,2H3/t36-,38+,41-,42-,43+/m0/s1. The molecule has 1 spiro atoms. The van der Waals surface area contributed by atoms with Crippen molar-refractivity contribution in [3.05, 3.63) is 108 Å². The smallest absolute Gasteiger partial charge is 0.308 e. The lowest BCUT2D eigenvalue weighted by atomic mass is 9.48. The maximum absolute atomic E-state index is 13.0. The summed E-state index contributed by atoms with van der Waals surface area (Å²) in [7, 11) is 0. The summed E-state index contributed by atoms with van der Waals surface area (Å²) in [6, 6.07) is 25.9. The van der Waals surface area contributed by atoms with E-state index in [2.05, 4.69) is 83.1 Å². The number of rotatable bonds is 16. The number of esters is 1. The molecule has 2 fully saturated rings. The molecule has 1 saturated heterocycles. The third-order valence-electron chi connectivity index (χ3n) is 12.1. The van der Waals surface area contributed by atoms with Crippen molar-refractivity contribution >= 4 is 5.97 Å². The topological polar surface area (TPSA) is 62.2 Å². The van der Waals surface area contributed by atoms with Gasteiger partial charge in [-0.2, -0.15) is 0 Å². The Hall–Kier alpha value is -3.45. The highest BCUT2D eigenvalue weighted by atomic mass is 16.6. The Balaban J connectivity index is 1.14. The van der Waals surface area contributed by atoms with Crippen LogP contribution in [0, 0.1) is 0 Å². The second-order valence-corrected chi connectivity index (χ2v) is 14.9. The van der Waals surface area contributed by atoms with Gasteiger partial charge in [-0.05, 0) is 107 Å². The summed E-state index contributed by atoms with van der Waals surface area (Å²) in [5, 5.41) is 13.0. The van der Waals surface area contributed by atoms with Crippen LogP contribution >= 0.6 is 0 Å². The van der Waals surface area contributed by atoms with E-state index in [1.54, 1.807) is 0 Å². The fourth-order valence-electron chi connectivity index (χ4n) is 9.96. The summed E-state index contributed by atoms with van der Waals surface area (Å²) < 4.78 is 12.9. The van der Waals surface area contributed by atoms with Gasteiger partial charge in [0.2, 0.25) is 0 Å². The largest absolute Gasteiger partial charge is 0.483 e. The Bertz CT molecular complexity index is 1590. The summed E-state index contributed by atoms with van der Waals surface area (Å²) in [6.07, 6.45) is 14.3. The molecule has 1 saturated carbocycles. The molecule has 3 aromatic rings. The first-order chi connectivity index (χ1) is 23.9. The number of benzene rings is 3. The van der Waals surface area contributed by atoms with Crippen LogP contribution < -0.4 is 9.47 Å². The predicted octanol–water partition coefficient (Wildman–Crippen LogP) is 7.45. The van der Waals surface area contributed by atoms with Gasteiger partial charge in [0.05, 0.1) is 11.0 Å². The van der Waals surface area contributed by atoms with E-state index in [1.165, 1.54) is 42.9 Å². The molecule has 2 bridgehead atoms. The van der Waals surface area contributed by atoms with E-state index in [4.69, 9.17) is 9.47 Å². The fraction of sp³-hybridized carbons (Fsp3) is 0.512.